The van der Waals surface area contributed by atoms with Crippen LogP contribution >= 0.6 is 23.4 Å². The van der Waals surface area contributed by atoms with Gasteiger partial charge in [0.15, 0.2) is 0 Å². The average molecular weight is 330 g/mol. The minimum Gasteiger partial charge on any atom is -0.212 e. The van der Waals surface area contributed by atoms with Crippen LogP contribution in [0.5, 0.6) is 0 Å². The molecule has 3 aromatic rings. The Morgan fingerprint density at radius 1 is 1.14 bits per heavy atom. The molecule has 0 saturated heterocycles. The number of aryl methyl sites for hydroxylation is 1. The highest BCUT2D eigenvalue weighted by atomic mass is 35.5. The molecule has 0 N–H and O–H groups in total. The number of halogens is 1. The standard InChI is InChI=1S/C17H16ClN3S/c1-12-5-3-6-13(9-12)17-16(11-18)19-20-21(17)14-7-4-8-15(10-14)22-2/h3-10H,11H2,1-2H3. The van der Waals surface area contributed by atoms with E-state index in [1.807, 2.05) is 22.9 Å². The van der Waals surface area contributed by atoms with E-state index in [4.69, 9.17) is 11.6 Å². The van der Waals surface area contributed by atoms with Crippen molar-refractivity contribution in [1.82, 2.24) is 15.0 Å². The lowest BCUT2D eigenvalue weighted by Gasteiger charge is -2.09. The van der Waals surface area contributed by atoms with Crippen LogP contribution in [0.25, 0.3) is 16.9 Å². The number of alkyl halides is 1. The van der Waals surface area contributed by atoms with Crippen molar-refractivity contribution in [3.63, 3.8) is 0 Å². The van der Waals surface area contributed by atoms with Gasteiger partial charge in [-0.15, -0.1) is 28.5 Å². The Labute approximate surface area is 139 Å². The molecule has 0 atom stereocenters. The first-order valence-electron chi connectivity index (χ1n) is 6.95. The third-order valence-electron chi connectivity index (χ3n) is 3.46. The number of nitrogens with zero attached hydrogens (tertiary/aromatic N) is 3. The van der Waals surface area contributed by atoms with Crippen LogP contribution in [0.15, 0.2) is 53.4 Å². The zero-order valence-corrected chi connectivity index (χ0v) is 14.0. The van der Waals surface area contributed by atoms with Crippen molar-refractivity contribution >= 4 is 23.4 Å². The van der Waals surface area contributed by atoms with Gasteiger partial charge in [-0.2, -0.15) is 0 Å². The summed E-state index contributed by atoms with van der Waals surface area (Å²) in [5.41, 5.74) is 5.02. The molecule has 3 nitrogen and oxygen atoms in total. The Balaban J connectivity index is 2.19. The number of rotatable bonds is 4. The summed E-state index contributed by atoms with van der Waals surface area (Å²) in [5.74, 6) is 0.339. The fraction of sp³-hybridized carbons (Fsp3) is 0.176. The molecule has 0 saturated carbocycles. The summed E-state index contributed by atoms with van der Waals surface area (Å²) in [7, 11) is 0. The van der Waals surface area contributed by atoms with E-state index in [2.05, 4.69) is 53.8 Å². The molecule has 0 aliphatic heterocycles. The van der Waals surface area contributed by atoms with Crippen LogP contribution < -0.4 is 0 Å². The van der Waals surface area contributed by atoms with Crippen molar-refractivity contribution in [3.05, 3.63) is 59.8 Å². The molecule has 0 radical (unpaired) electrons. The van der Waals surface area contributed by atoms with Gasteiger partial charge in [-0.3, -0.25) is 0 Å². The predicted octanol–water partition coefficient (Wildman–Crippen LogP) is 4.70. The molecule has 22 heavy (non-hydrogen) atoms. The van der Waals surface area contributed by atoms with Crippen LogP contribution in [0, 0.1) is 6.92 Å². The first-order valence-corrected chi connectivity index (χ1v) is 8.71. The van der Waals surface area contributed by atoms with E-state index >= 15 is 0 Å². The molecule has 0 fully saturated rings. The molecule has 3 rings (SSSR count). The quantitative estimate of drug-likeness (QED) is 0.513. The van der Waals surface area contributed by atoms with Crippen molar-refractivity contribution in [2.75, 3.05) is 6.26 Å². The highest BCUT2D eigenvalue weighted by Crippen LogP contribution is 2.28. The molecule has 0 unspecified atom stereocenters. The summed E-state index contributed by atoms with van der Waals surface area (Å²) < 4.78 is 1.87. The lowest BCUT2D eigenvalue weighted by Crippen LogP contribution is -2.00. The number of aromatic nitrogens is 3. The Kier molecular flexibility index (Phi) is 4.50. The van der Waals surface area contributed by atoms with E-state index in [1.165, 1.54) is 10.5 Å². The van der Waals surface area contributed by atoms with Gasteiger partial charge in [0.2, 0.25) is 0 Å². The van der Waals surface area contributed by atoms with E-state index in [0.29, 0.717) is 5.88 Å². The van der Waals surface area contributed by atoms with Crippen molar-refractivity contribution in [2.24, 2.45) is 0 Å². The number of hydrogen-bond acceptors (Lipinski definition) is 3. The SMILES string of the molecule is CSc1cccc(-n2nnc(CCl)c2-c2cccc(C)c2)c1. The summed E-state index contributed by atoms with van der Waals surface area (Å²) in [6.07, 6.45) is 2.06. The third-order valence-corrected chi connectivity index (χ3v) is 4.43. The molecular formula is C17H16ClN3S. The Bertz CT molecular complexity index is 798. The van der Waals surface area contributed by atoms with Crippen molar-refractivity contribution in [3.8, 4) is 16.9 Å². The van der Waals surface area contributed by atoms with Gasteiger partial charge in [0.05, 0.1) is 17.3 Å². The van der Waals surface area contributed by atoms with Gasteiger partial charge in [-0.25, -0.2) is 4.68 Å². The Morgan fingerprint density at radius 2 is 1.95 bits per heavy atom. The molecule has 1 aromatic heterocycles. The van der Waals surface area contributed by atoms with Gasteiger partial charge >= 0.3 is 0 Å². The smallest absolute Gasteiger partial charge is 0.106 e. The van der Waals surface area contributed by atoms with E-state index in [9.17, 15) is 0 Å². The largest absolute Gasteiger partial charge is 0.212 e. The molecule has 0 spiro atoms. The molecule has 0 bridgehead atoms. The molecule has 112 valence electrons. The Morgan fingerprint density at radius 3 is 2.68 bits per heavy atom. The van der Waals surface area contributed by atoms with Gasteiger partial charge in [-0.05, 0) is 37.4 Å². The average Bonchev–Trinajstić information content (AvgIpc) is 2.99. The maximum atomic E-state index is 6.06. The first kappa shape index (κ1) is 15.1. The maximum absolute atomic E-state index is 6.06. The predicted molar refractivity (Wildman–Crippen MR) is 92.9 cm³/mol. The molecule has 0 aliphatic rings. The first-order chi connectivity index (χ1) is 10.7. The second kappa shape index (κ2) is 6.55. The van der Waals surface area contributed by atoms with Gasteiger partial charge in [0.25, 0.3) is 0 Å². The third kappa shape index (κ3) is 2.89. The van der Waals surface area contributed by atoms with Crippen LogP contribution in [0.1, 0.15) is 11.3 Å². The maximum Gasteiger partial charge on any atom is 0.106 e. The van der Waals surface area contributed by atoms with Crippen molar-refractivity contribution in [1.29, 1.82) is 0 Å². The van der Waals surface area contributed by atoms with Gasteiger partial charge in [0.1, 0.15) is 5.69 Å². The van der Waals surface area contributed by atoms with Gasteiger partial charge in [0, 0.05) is 10.5 Å². The van der Waals surface area contributed by atoms with Crippen LogP contribution in [0.2, 0.25) is 0 Å². The normalized spacial score (nSPS) is 10.9. The summed E-state index contributed by atoms with van der Waals surface area (Å²) >= 11 is 7.77. The van der Waals surface area contributed by atoms with Crippen LogP contribution in [0.4, 0.5) is 0 Å². The summed E-state index contributed by atoms with van der Waals surface area (Å²) in [5, 5.41) is 8.56. The summed E-state index contributed by atoms with van der Waals surface area (Å²) in [6, 6.07) is 16.6. The molecule has 2 aromatic carbocycles. The molecule has 0 amide bonds. The molecule has 5 heteroatoms. The van der Waals surface area contributed by atoms with Crippen LogP contribution in [0.3, 0.4) is 0 Å². The van der Waals surface area contributed by atoms with E-state index in [0.717, 1.165) is 22.6 Å². The van der Waals surface area contributed by atoms with Crippen molar-refractivity contribution in [2.45, 2.75) is 17.7 Å². The molecular weight excluding hydrogens is 314 g/mol. The second-order valence-electron chi connectivity index (χ2n) is 5.00. The minimum absolute atomic E-state index is 0.339. The Hall–Kier alpha value is -1.78. The summed E-state index contributed by atoms with van der Waals surface area (Å²) in [4.78, 5) is 1.19. The van der Waals surface area contributed by atoms with Gasteiger partial charge in [-0.1, -0.05) is 35.0 Å². The number of hydrogen-bond donors (Lipinski definition) is 0. The lowest BCUT2D eigenvalue weighted by atomic mass is 10.1. The van der Waals surface area contributed by atoms with E-state index < -0.39 is 0 Å². The monoisotopic (exact) mass is 329 g/mol. The minimum atomic E-state index is 0.339. The number of thioether (sulfide) groups is 1. The topological polar surface area (TPSA) is 30.7 Å². The van der Waals surface area contributed by atoms with Crippen LogP contribution in [-0.4, -0.2) is 21.2 Å². The molecule has 1 heterocycles. The zero-order chi connectivity index (χ0) is 15.5. The van der Waals surface area contributed by atoms with E-state index in [-0.39, 0.29) is 0 Å². The number of benzene rings is 2. The highest BCUT2D eigenvalue weighted by molar-refractivity contribution is 7.98. The zero-order valence-electron chi connectivity index (χ0n) is 12.5. The fourth-order valence-corrected chi connectivity index (χ4v) is 3.04. The highest BCUT2D eigenvalue weighted by Gasteiger charge is 2.16. The van der Waals surface area contributed by atoms with Crippen LogP contribution in [-0.2, 0) is 5.88 Å². The molecule has 0 aliphatic carbocycles. The fourth-order valence-electron chi connectivity index (χ4n) is 2.41. The summed E-state index contributed by atoms with van der Waals surface area (Å²) in [6.45, 7) is 2.08. The van der Waals surface area contributed by atoms with Crippen molar-refractivity contribution < 1.29 is 0 Å². The lowest BCUT2D eigenvalue weighted by molar-refractivity contribution is 0.802. The second-order valence-corrected chi connectivity index (χ2v) is 6.15. The van der Waals surface area contributed by atoms with Gasteiger partial charge < -0.3 is 0 Å². The van der Waals surface area contributed by atoms with E-state index in [1.54, 1.807) is 11.8 Å².